The van der Waals surface area contributed by atoms with Gasteiger partial charge in [0.15, 0.2) is 10.2 Å². The van der Waals surface area contributed by atoms with Gasteiger partial charge in [-0.15, -0.1) is 0 Å². The number of para-hydroxylation sites is 1. The molecule has 0 saturated heterocycles. The number of fused-ring (bicyclic) bond motifs is 1. The molecule has 9 heteroatoms. The Kier molecular flexibility index (Phi) is 4.88. The predicted molar refractivity (Wildman–Crippen MR) is 97.1 cm³/mol. The minimum atomic E-state index is -4.29. The molecule has 2 aromatic heterocycles. The molecular formula is C17H16ClN3O4S. The minimum absolute atomic E-state index is 0.173. The van der Waals surface area contributed by atoms with Crippen LogP contribution >= 0.6 is 11.6 Å². The van der Waals surface area contributed by atoms with Crippen molar-refractivity contribution in [2.75, 3.05) is 0 Å². The van der Waals surface area contributed by atoms with Crippen molar-refractivity contribution >= 4 is 33.4 Å². The summed E-state index contributed by atoms with van der Waals surface area (Å²) in [4.78, 5) is 16.0. The van der Waals surface area contributed by atoms with Gasteiger partial charge in [-0.25, -0.2) is 14.5 Å². The average Bonchev–Trinajstić information content (AvgIpc) is 2.90. The number of benzene rings is 1. The average molecular weight is 394 g/mol. The molecule has 0 saturated carbocycles. The first-order valence-corrected chi connectivity index (χ1v) is 9.61. The summed E-state index contributed by atoms with van der Waals surface area (Å²) < 4.78 is 33.5. The van der Waals surface area contributed by atoms with Gasteiger partial charge < -0.3 is 4.74 Å². The molecule has 0 aliphatic heterocycles. The monoisotopic (exact) mass is 393 g/mol. The van der Waals surface area contributed by atoms with Crippen LogP contribution in [0.5, 0.6) is 5.75 Å². The van der Waals surface area contributed by atoms with E-state index < -0.39 is 16.1 Å². The normalized spacial score (nSPS) is 11.7. The first-order chi connectivity index (χ1) is 12.3. The lowest BCUT2D eigenvalue weighted by Gasteiger charge is -2.10. The van der Waals surface area contributed by atoms with Crippen LogP contribution in [0.2, 0.25) is 5.15 Å². The van der Waals surface area contributed by atoms with E-state index in [1.165, 1.54) is 16.5 Å². The summed E-state index contributed by atoms with van der Waals surface area (Å²) in [6, 6.07) is 11.6. The van der Waals surface area contributed by atoms with Crippen molar-refractivity contribution in [3.63, 3.8) is 0 Å². The van der Waals surface area contributed by atoms with E-state index in [4.69, 9.17) is 16.3 Å². The number of carbonyl (C=O) groups excluding carboxylic acids is 1. The van der Waals surface area contributed by atoms with Crippen LogP contribution in [-0.4, -0.2) is 23.9 Å². The van der Waals surface area contributed by atoms with Crippen molar-refractivity contribution in [3.05, 3.63) is 59.4 Å². The summed E-state index contributed by atoms with van der Waals surface area (Å²) in [6.45, 7) is 3.95. The smallest absolute Gasteiger partial charge is 0.410 e. The maximum Gasteiger partial charge on any atom is 0.426 e. The molecule has 0 spiro atoms. The molecular weight excluding hydrogens is 378 g/mol. The number of aromatic nitrogens is 2. The lowest BCUT2D eigenvalue weighted by Crippen LogP contribution is -2.33. The number of amides is 1. The summed E-state index contributed by atoms with van der Waals surface area (Å²) in [5, 5.41) is -0.549. The molecule has 3 aromatic rings. The number of rotatable bonds is 4. The molecule has 7 nitrogen and oxygen atoms in total. The lowest BCUT2D eigenvalue weighted by molar-refractivity contribution is 0.207. The molecule has 0 bridgehead atoms. The zero-order valence-electron chi connectivity index (χ0n) is 14.0. The number of nitrogens with one attached hydrogen (secondary N) is 1. The maximum atomic E-state index is 12.7. The third-order valence-corrected chi connectivity index (χ3v) is 5.36. The Balaban J connectivity index is 1.95. The van der Waals surface area contributed by atoms with E-state index in [1.54, 1.807) is 30.5 Å². The number of nitrogens with zero attached hydrogens (tertiary/aromatic N) is 2. The molecule has 2 heterocycles. The first-order valence-electron chi connectivity index (χ1n) is 7.75. The van der Waals surface area contributed by atoms with Crippen LogP contribution in [0.3, 0.4) is 0 Å². The molecule has 0 aliphatic rings. The largest absolute Gasteiger partial charge is 0.426 e. The Labute approximate surface area is 155 Å². The van der Waals surface area contributed by atoms with Crippen LogP contribution < -0.4 is 9.46 Å². The molecule has 1 aromatic carbocycles. The van der Waals surface area contributed by atoms with Crippen LogP contribution in [-0.2, 0) is 10.0 Å². The van der Waals surface area contributed by atoms with Gasteiger partial charge in [0.1, 0.15) is 11.4 Å². The van der Waals surface area contributed by atoms with Crippen LogP contribution in [0.4, 0.5) is 4.79 Å². The minimum Gasteiger partial charge on any atom is -0.410 e. The van der Waals surface area contributed by atoms with Gasteiger partial charge in [-0.05, 0) is 29.7 Å². The number of hydrogen-bond acceptors (Lipinski definition) is 5. The van der Waals surface area contributed by atoms with Crippen LogP contribution in [0.25, 0.3) is 5.65 Å². The van der Waals surface area contributed by atoms with Gasteiger partial charge in [-0.3, -0.25) is 4.40 Å². The topological polar surface area (TPSA) is 89.8 Å². The highest BCUT2D eigenvalue weighted by Gasteiger charge is 2.27. The molecule has 0 unspecified atom stereocenters. The number of hydrogen-bond donors (Lipinski definition) is 1. The van der Waals surface area contributed by atoms with Crippen molar-refractivity contribution in [2.24, 2.45) is 0 Å². The highest BCUT2D eigenvalue weighted by molar-refractivity contribution is 7.90. The fraction of sp³-hybridized carbons (Fsp3) is 0.176. The van der Waals surface area contributed by atoms with Gasteiger partial charge in [0.2, 0.25) is 0 Å². The van der Waals surface area contributed by atoms with E-state index in [9.17, 15) is 13.2 Å². The van der Waals surface area contributed by atoms with Crippen molar-refractivity contribution < 1.29 is 17.9 Å². The molecule has 1 N–H and O–H groups in total. The van der Waals surface area contributed by atoms with Crippen molar-refractivity contribution in [2.45, 2.75) is 24.8 Å². The SMILES string of the molecule is CC(C)c1ccc2nc(Cl)c(S(=O)(=O)NC(=O)Oc3ccccc3)n2c1. The third-order valence-electron chi connectivity index (χ3n) is 3.65. The molecule has 0 radical (unpaired) electrons. The fourth-order valence-electron chi connectivity index (χ4n) is 2.37. The highest BCUT2D eigenvalue weighted by Crippen LogP contribution is 2.25. The van der Waals surface area contributed by atoms with Gasteiger partial charge in [-0.2, -0.15) is 8.42 Å². The Morgan fingerprint density at radius 3 is 2.54 bits per heavy atom. The Morgan fingerprint density at radius 2 is 1.88 bits per heavy atom. The summed E-state index contributed by atoms with van der Waals surface area (Å²) >= 11 is 6.02. The number of imidazole rings is 1. The lowest BCUT2D eigenvalue weighted by atomic mass is 10.1. The van der Waals surface area contributed by atoms with E-state index >= 15 is 0 Å². The highest BCUT2D eigenvalue weighted by atomic mass is 35.5. The summed E-state index contributed by atoms with van der Waals surface area (Å²) in [7, 11) is -4.29. The molecule has 0 aliphatic carbocycles. The number of halogens is 1. The summed E-state index contributed by atoms with van der Waals surface area (Å²) in [5.41, 5.74) is 1.26. The van der Waals surface area contributed by atoms with E-state index in [-0.39, 0.29) is 21.8 Å². The summed E-state index contributed by atoms with van der Waals surface area (Å²) in [5.74, 6) is 0.388. The maximum absolute atomic E-state index is 12.7. The second-order valence-corrected chi connectivity index (χ2v) is 7.82. The van der Waals surface area contributed by atoms with E-state index in [0.29, 0.717) is 5.65 Å². The molecule has 3 rings (SSSR count). The van der Waals surface area contributed by atoms with E-state index in [2.05, 4.69) is 4.98 Å². The predicted octanol–water partition coefficient (Wildman–Crippen LogP) is 3.59. The molecule has 0 atom stereocenters. The van der Waals surface area contributed by atoms with E-state index in [1.807, 2.05) is 24.6 Å². The van der Waals surface area contributed by atoms with Crippen molar-refractivity contribution in [3.8, 4) is 5.75 Å². The number of ether oxygens (including phenoxy) is 1. The van der Waals surface area contributed by atoms with E-state index in [0.717, 1.165) is 5.56 Å². The number of carbonyl (C=O) groups is 1. The van der Waals surface area contributed by atoms with Crippen molar-refractivity contribution in [1.29, 1.82) is 0 Å². The fourth-order valence-corrected chi connectivity index (χ4v) is 3.88. The van der Waals surface area contributed by atoms with Gasteiger partial charge >= 0.3 is 6.09 Å². The van der Waals surface area contributed by atoms with Crippen LogP contribution in [0, 0.1) is 0 Å². The molecule has 136 valence electrons. The van der Waals surface area contributed by atoms with Gasteiger partial charge in [-0.1, -0.05) is 49.7 Å². The second-order valence-electron chi connectivity index (χ2n) is 5.86. The number of pyridine rings is 1. The Morgan fingerprint density at radius 1 is 1.19 bits per heavy atom. The first kappa shape index (κ1) is 18.2. The Bertz CT molecular complexity index is 1060. The Hall–Kier alpha value is -2.58. The zero-order chi connectivity index (χ0) is 18.9. The third kappa shape index (κ3) is 3.66. The van der Waals surface area contributed by atoms with Gasteiger partial charge in [0.25, 0.3) is 10.0 Å². The molecule has 26 heavy (non-hydrogen) atoms. The number of sulfonamides is 1. The van der Waals surface area contributed by atoms with Gasteiger partial charge in [0, 0.05) is 6.20 Å². The summed E-state index contributed by atoms with van der Waals surface area (Å²) in [6.07, 6.45) is 0.498. The van der Waals surface area contributed by atoms with Crippen LogP contribution in [0.15, 0.2) is 53.7 Å². The molecule has 1 amide bonds. The zero-order valence-corrected chi connectivity index (χ0v) is 15.6. The standard InChI is InChI=1S/C17H16ClN3O4S/c1-11(2)12-8-9-14-19-15(18)16(21(14)10-12)26(23,24)20-17(22)25-13-6-4-3-5-7-13/h3-11H,1-2H3,(H,20,22). The van der Waals surface area contributed by atoms with Crippen molar-refractivity contribution in [1.82, 2.24) is 14.1 Å². The molecule has 0 fully saturated rings. The quantitative estimate of drug-likeness (QED) is 0.731. The van der Waals surface area contributed by atoms with Gasteiger partial charge in [0.05, 0.1) is 0 Å². The van der Waals surface area contributed by atoms with Crippen LogP contribution in [0.1, 0.15) is 25.3 Å². The second kappa shape index (κ2) is 6.97.